The maximum atomic E-state index is 14.6. The molecule has 42 heavy (non-hydrogen) atoms. The largest absolute Gasteiger partial charge is 0.416 e. The van der Waals surface area contributed by atoms with E-state index in [1.807, 2.05) is 6.07 Å². The van der Waals surface area contributed by atoms with E-state index in [1.54, 1.807) is 11.9 Å². The molecule has 1 fully saturated rings. The van der Waals surface area contributed by atoms with Crippen molar-refractivity contribution in [3.05, 3.63) is 92.1 Å². The molecule has 0 saturated carbocycles. The predicted molar refractivity (Wildman–Crippen MR) is 148 cm³/mol. The van der Waals surface area contributed by atoms with Gasteiger partial charge in [0.2, 0.25) is 5.95 Å². The van der Waals surface area contributed by atoms with Crippen LogP contribution in [0.25, 0.3) is 0 Å². The number of alkyl halides is 3. The summed E-state index contributed by atoms with van der Waals surface area (Å²) in [6.45, 7) is 3.39. The van der Waals surface area contributed by atoms with Crippen LogP contribution in [0.5, 0.6) is 0 Å². The van der Waals surface area contributed by atoms with Crippen LogP contribution in [0.1, 0.15) is 51.3 Å². The standard InChI is InChI=1S/C28H26F4N6O3.ClH/c1-17(19-3-5-20(6-4-19)28(30,31)32)34-27-35-24-8-9-36(25(39)21-7-2-18(15-33)14-23(21)29)16-22(24)26(40)38(27)37-10-12-41-13-11-37;/h2-7,14,17H,8-13,16H2,1H3,(H,34,35);1H. The number of amides is 1. The third kappa shape index (κ3) is 6.19. The highest BCUT2D eigenvalue weighted by atomic mass is 35.5. The molecule has 2 aliphatic rings. The second-order valence-electron chi connectivity index (χ2n) is 9.81. The van der Waals surface area contributed by atoms with Gasteiger partial charge in [0.25, 0.3) is 11.5 Å². The molecule has 1 saturated heterocycles. The summed E-state index contributed by atoms with van der Waals surface area (Å²) < 4.78 is 60.4. The molecule has 1 amide bonds. The van der Waals surface area contributed by atoms with Gasteiger partial charge in [-0.05, 0) is 42.8 Å². The van der Waals surface area contributed by atoms with Crippen LogP contribution < -0.4 is 15.9 Å². The van der Waals surface area contributed by atoms with Gasteiger partial charge in [-0.2, -0.15) is 23.1 Å². The van der Waals surface area contributed by atoms with E-state index < -0.39 is 35.1 Å². The monoisotopic (exact) mass is 606 g/mol. The third-order valence-electron chi connectivity index (χ3n) is 7.18. The average Bonchev–Trinajstić information content (AvgIpc) is 2.97. The van der Waals surface area contributed by atoms with Crippen molar-refractivity contribution >= 4 is 24.3 Å². The number of carbonyl (C=O) groups excluding carboxylic acids is 1. The molecular formula is C28H27ClF4N6O3. The summed E-state index contributed by atoms with van der Waals surface area (Å²) in [5.74, 6) is -1.20. The zero-order chi connectivity index (χ0) is 29.3. The van der Waals surface area contributed by atoms with Crippen LogP contribution in [-0.4, -0.2) is 53.3 Å². The summed E-state index contributed by atoms with van der Waals surface area (Å²) in [5.41, 5.74) is 0.0646. The molecule has 0 bridgehead atoms. The molecule has 1 atom stereocenters. The number of fused-ring (bicyclic) bond motifs is 1. The normalized spacial score (nSPS) is 15.7. The van der Waals surface area contributed by atoms with Gasteiger partial charge >= 0.3 is 6.18 Å². The molecule has 3 heterocycles. The van der Waals surface area contributed by atoms with Crippen LogP contribution in [0.15, 0.2) is 47.3 Å². The first-order chi connectivity index (χ1) is 19.6. The molecule has 0 radical (unpaired) electrons. The Hall–Kier alpha value is -4.15. The average molecular weight is 607 g/mol. The second kappa shape index (κ2) is 12.4. The van der Waals surface area contributed by atoms with E-state index in [0.29, 0.717) is 37.6 Å². The first kappa shape index (κ1) is 30.8. The fourth-order valence-electron chi connectivity index (χ4n) is 4.92. The number of nitrogens with zero attached hydrogens (tertiary/aromatic N) is 5. The summed E-state index contributed by atoms with van der Waals surface area (Å²) in [4.78, 5) is 33.1. The van der Waals surface area contributed by atoms with Gasteiger partial charge in [0.05, 0.1) is 72.9 Å². The molecule has 0 spiro atoms. The van der Waals surface area contributed by atoms with E-state index in [2.05, 4.69) is 5.32 Å². The molecule has 9 nitrogen and oxygen atoms in total. The van der Waals surface area contributed by atoms with Crippen molar-refractivity contribution < 1.29 is 27.1 Å². The lowest BCUT2D eigenvalue weighted by Gasteiger charge is -2.35. The zero-order valence-electron chi connectivity index (χ0n) is 22.4. The third-order valence-corrected chi connectivity index (χ3v) is 7.18. The number of hydrogen-bond donors (Lipinski definition) is 1. The number of carbonyl (C=O) groups is 1. The highest BCUT2D eigenvalue weighted by Gasteiger charge is 2.32. The highest BCUT2D eigenvalue weighted by molar-refractivity contribution is 5.94. The Bertz CT molecular complexity index is 1570. The summed E-state index contributed by atoms with van der Waals surface area (Å²) in [5, 5.41) is 13.9. The lowest BCUT2D eigenvalue weighted by Crippen LogP contribution is -2.52. The van der Waals surface area contributed by atoms with Crippen LogP contribution in [-0.2, 0) is 23.9 Å². The number of nitriles is 1. The Morgan fingerprint density at radius 3 is 2.43 bits per heavy atom. The first-order valence-corrected chi connectivity index (χ1v) is 13.0. The molecule has 1 N–H and O–H groups in total. The van der Waals surface area contributed by atoms with E-state index in [1.165, 1.54) is 33.8 Å². The van der Waals surface area contributed by atoms with Gasteiger partial charge in [-0.3, -0.25) is 9.59 Å². The van der Waals surface area contributed by atoms with Crippen LogP contribution in [0.3, 0.4) is 0 Å². The van der Waals surface area contributed by atoms with Crippen LogP contribution in [0, 0.1) is 17.1 Å². The van der Waals surface area contributed by atoms with Gasteiger partial charge in [-0.25, -0.2) is 9.37 Å². The fraction of sp³-hybridized carbons (Fsp3) is 0.357. The Morgan fingerprint density at radius 2 is 1.81 bits per heavy atom. The number of nitrogens with one attached hydrogen (secondary N) is 1. The van der Waals surface area contributed by atoms with Gasteiger partial charge in [-0.1, -0.05) is 12.1 Å². The predicted octanol–water partition coefficient (Wildman–Crippen LogP) is 4.03. The van der Waals surface area contributed by atoms with Gasteiger partial charge in [-0.15, -0.1) is 12.4 Å². The number of ether oxygens (including phenoxy) is 1. The van der Waals surface area contributed by atoms with Crippen molar-refractivity contribution in [1.29, 1.82) is 5.26 Å². The number of aromatic nitrogens is 2. The number of benzene rings is 2. The van der Waals surface area contributed by atoms with E-state index in [4.69, 9.17) is 15.0 Å². The molecule has 1 unspecified atom stereocenters. The van der Waals surface area contributed by atoms with Crippen molar-refractivity contribution in [2.45, 2.75) is 32.1 Å². The minimum absolute atomic E-state index is 0. The van der Waals surface area contributed by atoms with Crippen LogP contribution >= 0.6 is 12.4 Å². The SMILES string of the molecule is CC(Nc1nc2c(c(=O)n1N1CCOCC1)CN(C(=O)c1ccc(C#N)cc1F)CC2)c1ccc(C(F)(F)F)cc1.Cl. The Morgan fingerprint density at radius 1 is 1.12 bits per heavy atom. The molecular weight excluding hydrogens is 580 g/mol. The van der Waals surface area contributed by atoms with Crippen LogP contribution in [0.4, 0.5) is 23.5 Å². The number of morpholine rings is 1. The maximum absolute atomic E-state index is 14.6. The Labute approximate surface area is 244 Å². The van der Waals surface area contributed by atoms with Gasteiger partial charge in [0.15, 0.2) is 0 Å². The molecule has 14 heteroatoms. The first-order valence-electron chi connectivity index (χ1n) is 13.0. The number of anilines is 1. The van der Waals surface area contributed by atoms with E-state index in [0.717, 1.165) is 18.2 Å². The lowest BCUT2D eigenvalue weighted by molar-refractivity contribution is -0.137. The summed E-state index contributed by atoms with van der Waals surface area (Å²) in [6.07, 6.45) is -4.21. The van der Waals surface area contributed by atoms with Crippen molar-refractivity contribution in [2.75, 3.05) is 43.2 Å². The quantitative estimate of drug-likeness (QED) is 0.438. The van der Waals surface area contributed by atoms with Crippen molar-refractivity contribution in [3.63, 3.8) is 0 Å². The van der Waals surface area contributed by atoms with Crippen LogP contribution in [0.2, 0.25) is 0 Å². The van der Waals surface area contributed by atoms with Gasteiger partial charge in [0.1, 0.15) is 5.82 Å². The molecule has 1 aromatic heterocycles. The molecule has 2 aromatic carbocycles. The van der Waals surface area contributed by atoms with Gasteiger partial charge < -0.3 is 20.0 Å². The maximum Gasteiger partial charge on any atom is 0.416 e. The van der Waals surface area contributed by atoms with Gasteiger partial charge in [0, 0.05) is 13.0 Å². The van der Waals surface area contributed by atoms with E-state index >= 15 is 0 Å². The fourth-order valence-corrected chi connectivity index (χ4v) is 4.92. The summed E-state index contributed by atoms with van der Waals surface area (Å²) in [6, 6.07) is 9.71. The minimum Gasteiger partial charge on any atom is -0.378 e. The molecule has 0 aliphatic carbocycles. The highest BCUT2D eigenvalue weighted by Crippen LogP contribution is 2.30. The second-order valence-corrected chi connectivity index (χ2v) is 9.81. The zero-order valence-corrected chi connectivity index (χ0v) is 23.3. The molecule has 222 valence electrons. The Kier molecular flexibility index (Phi) is 9.08. The summed E-state index contributed by atoms with van der Waals surface area (Å²) >= 11 is 0. The number of hydrogen-bond acceptors (Lipinski definition) is 7. The topological polar surface area (TPSA) is 103 Å². The number of halogens is 5. The summed E-state index contributed by atoms with van der Waals surface area (Å²) in [7, 11) is 0. The minimum atomic E-state index is -4.45. The molecule has 2 aliphatic heterocycles. The van der Waals surface area contributed by atoms with Crippen molar-refractivity contribution in [3.8, 4) is 6.07 Å². The Balaban J connectivity index is 0.00000405. The van der Waals surface area contributed by atoms with E-state index in [-0.39, 0.29) is 54.6 Å². The number of rotatable bonds is 5. The van der Waals surface area contributed by atoms with Crippen molar-refractivity contribution in [1.82, 2.24) is 14.6 Å². The molecule has 3 aromatic rings. The smallest absolute Gasteiger partial charge is 0.378 e. The lowest BCUT2D eigenvalue weighted by atomic mass is 10.0. The van der Waals surface area contributed by atoms with E-state index in [9.17, 15) is 27.2 Å². The molecule has 5 rings (SSSR count). The van der Waals surface area contributed by atoms with Crippen molar-refractivity contribution in [2.24, 2.45) is 0 Å².